The number of nitrogens with one attached hydrogen (secondary N) is 1. The lowest BCUT2D eigenvalue weighted by molar-refractivity contribution is 0.869. The Morgan fingerprint density at radius 2 is 1.71 bits per heavy atom. The van der Waals surface area contributed by atoms with Gasteiger partial charge >= 0.3 is 0 Å². The minimum absolute atomic E-state index is 0.0411. The molecule has 1 aliphatic carbocycles. The highest BCUT2D eigenvalue weighted by atomic mass is 32.2. The van der Waals surface area contributed by atoms with Crippen molar-refractivity contribution in [3.05, 3.63) is 81.8 Å². The summed E-state index contributed by atoms with van der Waals surface area (Å²) < 4.78 is 0. The summed E-state index contributed by atoms with van der Waals surface area (Å²) in [5, 5.41) is 0.729. The molecule has 0 fully saturated rings. The number of aryl methyl sites for hydroxylation is 1. The lowest BCUT2D eigenvalue weighted by Gasteiger charge is -2.06. The molecule has 3 nitrogen and oxygen atoms in total. The third-order valence-corrected chi connectivity index (χ3v) is 5.30. The van der Waals surface area contributed by atoms with Crippen LogP contribution in [0.1, 0.15) is 23.2 Å². The summed E-state index contributed by atoms with van der Waals surface area (Å²) >= 11 is 1.59. The Morgan fingerprint density at radius 3 is 2.50 bits per heavy atom. The second kappa shape index (κ2) is 6.65. The second-order valence-electron chi connectivity index (χ2n) is 6.00. The Hall–Kier alpha value is -2.33. The number of rotatable bonds is 4. The molecule has 0 radical (unpaired) electrons. The molecule has 24 heavy (non-hydrogen) atoms. The monoisotopic (exact) mass is 334 g/mol. The molecule has 2 aromatic carbocycles. The first-order valence-corrected chi connectivity index (χ1v) is 9.17. The van der Waals surface area contributed by atoms with Gasteiger partial charge in [0.2, 0.25) is 0 Å². The van der Waals surface area contributed by atoms with Gasteiger partial charge in [-0.05, 0) is 36.0 Å². The van der Waals surface area contributed by atoms with E-state index in [1.54, 1.807) is 11.8 Å². The van der Waals surface area contributed by atoms with E-state index in [4.69, 9.17) is 0 Å². The topological polar surface area (TPSA) is 45.8 Å². The van der Waals surface area contributed by atoms with Gasteiger partial charge in [-0.2, -0.15) is 0 Å². The fourth-order valence-electron chi connectivity index (χ4n) is 3.06. The van der Waals surface area contributed by atoms with Crippen LogP contribution in [0.5, 0.6) is 0 Å². The number of hydrogen-bond acceptors (Lipinski definition) is 3. The molecule has 4 rings (SSSR count). The van der Waals surface area contributed by atoms with Crippen LogP contribution in [0.15, 0.2) is 64.5 Å². The maximum absolute atomic E-state index is 12.0. The summed E-state index contributed by atoms with van der Waals surface area (Å²) in [5.41, 5.74) is 5.57. The molecule has 0 saturated carbocycles. The van der Waals surface area contributed by atoms with Gasteiger partial charge in [0.1, 0.15) is 0 Å². The van der Waals surface area contributed by atoms with Crippen molar-refractivity contribution in [3.8, 4) is 11.1 Å². The van der Waals surface area contributed by atoms with Crippen LogP contribution in [0.2, 0.25) is 0 Å². The van der Waals surface area contributed by atoms with E-state index in [1.165, 1.54) is 16.7 Å². The summed E-state index contributed by atoms with van der Waals surface area (Å²) in [5.74, 6) is 0.802. The lowest BCUT2D eigenvalue weighted by Crippen LogP contribution is -2.14. The van der Waals surface area contributed by atoms with Crippen molar-refractivity contribution in [2.75, 3.05) is 0 Å². The average Bonchev–Trinajstić information content (AvgIpc) is 3.10. The van der Waals surface area contributed by atoms with Gasteiger partial charge in [0.25, 0.3) is 5.56 Å². The van der Waals surface area contributed by atoms with Crippen LogP contribution in [-0.4, -0.2) is 9.97 Å². The number of H-pyrrole nitrogens is 1. The summed E-state index contributed by atoms with van der Waals surface area (Å²) in [7, 11) is 0. The zero-order valence-corrected chi connectivity index (χ0v) is 14.1. The SMILES string of the molecule is O=c1[nH]c(SCc2ccc(-c3ccccc3)cc2)nc2c1CCC2. The normalized spacial score (nSPS) is 13.0. The molecule has 0 amide bonds. The average molecular weight is 334 g/mol. The molecular weight excluding hydrogens is 316 g/mol. The molecule has 1 N–H and O–H groups in total. The summed E-state index contributed by atoms with van der Waals surface area (Å²) in [4.78, 5) is 19.5. The standard InChI is InChI=1S/C20H18N2OS/c23-19-17-7-4-8-18(17)21-20(22-19)24-13-14-9-11-16(12-10-14)15-5-2-1-3-6-15/h1-3,5-6,9-12H,4,7-8,13H2,(H,21,22,23). The van der Waals surface area contributed by atoms with E-state index in [1.807, 2.05) is 6.07 Å². The van der Waals surface area contributed by atoms with E-state index in [9.17, 15) is 4.79 Å². The molecule has 0 saturated heterocycles. The smallest absolute Gasteiger partial charge is 0.254 e. The number of aromatic nitrogens is 2. The van der Waals surface area contributed by atoms with E-state index >= 15 is 0 Å². The van der Waals surface area contributed by atoms with Gasteiger partial charge in [-0.1, -0.05) is 66.4 Å². The predicted molar refractivity (Wildman–Crippen MR) is 98.3 cm³/mol. The van der Waals surface area contributed by atoms with Crippen LogP contribution in [0.25, 0.3) is 11.1 Å². The second-order valence-corrected chi connectivity index (χ2v) is 6.97. The molecule has 3 aromatic rings. The number of fused-ring (bicyclic) bond motifs is 1. The minimum atomic E-state index is 0.0411. The van der Waals surface area contributed by atoms with Crippen LogP contribution >= 0.6 is 11.8 Å². The fraction of sp³-hybridized carbons (Fsp3) is 0.200. The Bertz CT molecular complexity index is 901. The molecule has 0 unspecified atom stereocenters. The van der Waals surface area contributed by atoms with Crippen molar-refractivity contribution in [3.63, 3.8) is 0 Å². The zero-order valence-electron chi connectivity index (χ0n) is 13.3. The van der Waals surface area contributed by atoms with Crippen LogP contribution in [0.3, 0.4) is 0 Å². The Kier molecular flexibility index (Phi) is 4.22. The van der Waals surface area contributed by atoms with Crippen molar-refractivity contribution < 1.29 is 0 Å². The van der Waals surface area contributed by atoms with Crippen molar-refractivity contribution in [1.82, 2.24) is 9.97 Å². The number of thioether (sulfide) groups is 1. The van der Waals surface area contributed by atoms with Crippen molar-refractivity contribution >= 4 is 11.8 Å². The molecule has 120 valence electrons. The van der Waals surface area contributed by atoms with Crippen molar-refractivity contribution in [2.24, 2.45) is 0 Å². The third kappa shape index (κ3) is 3.15. The summed E-state index contributed by atoms with van der Waals surface area (Å²) in [6.07, 6.45) is 2.84. The highest BCUT2D eigenvalue weighted by molar-refractivity contribution is 7.98. The van der Waals surface area contributed by atoms with Gasteiger partial charge in [-0.15, -0.1) is 0 Å². The quantitative estimate of drug-likeness (QED) is 0.574. The summed E-state index contributed by atoms with van der Waals surface area (Å²) in [6.45, 7) is 0. The van der Waals surface area contributed by atoms with Crippen molar-refractivity contribution in [1.29, 1.82) is 0 Å². The molecule has 0 atom stereocenters. The Balaban J connectivity index is 1.47. The number of nitrogens with zero attached hydrogens (tertiary/aromatic N) is 1. The first-order chi connectivity index (χ1) is 11.8. The van der Waals surface area contributed by atoms with E-state index in [0.29, 0.717) is 0 Å². The maximum atomic E-state index is 12.0. The number of hydrogen-bond donors (Lipinski definition) is 1. The van der Waals surface area contributed by atoms with Crippen LogP contribution in [-0.2, 0) is 18.6 Å². The minimum Gasteiger partial charge on any atom is -0.301 e. The van der Waals surface area contributed by atoms with E-state index in [-0.39, 0.29) is 5.56 Å². The molecule has 0 bridgehead atoms. The number of aromatic amines is 1. The van der Waals surface area contributed by atoms with Gasteiger partial charge in [0.05, 0.1) is 5.69 Å². The Morgan fingerprint density at radius 1 is 0.958 bits per heavy atom. The predicted octanol–water partition coefficient (Wildman–Crippen LogP) is 4.22. The van der Waals surface area contributed by atoms with E-state index < -0.39 is 0 Å². The van der Waals surface area contributed by atoms with Gasteiger partial charge in [-0.25, -0.2) is 4.98 Å². The van der Waals surface area contributed by atoms with Gasteiger partial charge in [0.15, 0.2) is 5.16 Å². The lowest BCUT2D eigenvalue weighted by atomic mass is 10.0. The molecule has 0 aliphatic heterocycles. The third-order valence-electron chi connectivity index (χ3n) is 4.36. The van der Waals surface area contributed by atoms with E-state index in [2.05, 4.69) is 58.5 Å². The van der Waals surface area contributed by atoms with Gasteiger partial charge in [0, 0.05) is 11.3 Å². The summed E-state index contributed by atoms with van der Waals surface area (Å²) in [6, 6.07) is 18.9. The zero-order chi connectivity index (χ0) is 16.4. The Labute approximate surface area is 145 Å². The van der Waals surface area contributed by atoms with Gasteiger partial charge in [-0.3, -0.25) is 4.79 Å². The highest BCUT2D eigenvalue weighted by Crippen LogP contribution is 2.24. The first kappa shape index (κ1) is 15.2. The van der Waals surface area contributed by atoms with Crippen LogP contribution in [0, 0.1) is 0 Å². The van der Waals surface area contributed by atoms with Gasteiger partial charge < -0.3 is 4.98 Å². The van der Waals surface area contributed by atoms with Crippen LogP contribution < -0.4 is 5.56 Å². The largest absolute Gasteiger partial charge is 0.301 e. The van der Waals surface area contributed by atoms with Crippen LogP contribution in [0.4, 0.5) is 0 Å². The first-order valence-electron chi connectivity index (χ1n) is 8.19. The fourth-order valence-corrected chi connectivity index (χ4v) is 3.90. The molecule has 4 heteroatoms. The molecule has 0 spiro atoms. The number of benzene rings is 2. The molecule has 1 heterocycles. The molecule has 1 aliphatic rings. The maximum Gasteiger partial charge on any atom is 0.254 e. The molecular formula is C20H18N2OS. The van der Waals surface area contributed by atoms with E-state index in [0.717, 1.165) is 41.4 Å². The van der Waals surface area contributed by atoms with Crippen molar-refractivity contribution in [2.45, 2.75) is 30.2 Å². The molecule has 1 aromatic heterocycles. The highest BCUT2D eigenvalue weighted by Gasteiger charge is 2.17.